The Bertz CT molecular complexity index is 554. The molecule has 5 nitrogen and oxygen atoms in total. The van der Waals surface area contributed by atoms with Crippen LogP contribution < -0.4 is 5.32 Å². The number of hydrogen-bond donors (Lipinski definition) is 1. The Hall–Kier alpha value is -1.88. The van der Waals surface area contributed by atoms with E-state index in [1.54, 1.807) is 38.4 Å². The Morgan fingerprint density at radius 2 is 1.68 bits per heavy atom. The summed E-state index contributed by atoms with van der Waals surface area (Å²) < 4.78 is 0. The first-order chi connectivity index (χ1) is 10.6. The molecule has 1 N–H and O–H groups in total. The van der Waals surface area contributed by atoms with Crippen molar-refractivity contribution in [1.82, 2.24) is 15.1 Å². The molecule has 5 heteroatoms. The van der Waals surface area contributed by atoms with Gasteiger partial charge >= 0.3 is 0 Å². The van der Waals surface area contributed by atoms with Crippen molar-refractivity contribution in [3.63, 3.8) is 0 Å². The minimum Gasteiger partial charge on any atom is -0.345 e. The lowest BCUT2D eigenvalue weighted by atomic mass is 10.1. The van der Waals surface area contributed by atoms with Gasteiger partial charge in [0.2, 0.25) is 0 Å². The maximum atomic E-state index is 12.8. The van der Waals surface area contributed by atoms with E-state index in [9.17, 15) is 9.59 Å². The summed E-state index contributed by atoms with van der Waals surface area (Å²) in [6, 6.07) is 7.70. The molecule has 0 aliphatic carbocycles. The van der Waals surface area contributed by atoms with Gasteiger partial charge in [-0.2, -0.15) is 0 Å². The highest BCUT2D eigenvalue weighted by Gasteiger charge is 2.38. The molecular formula is C17H23N3O2. The molecule has 22 heavy (non-hydrogen) atoms. The first kappa shape index (κ1) is 15.0. The van der Waals surface area contributed by atoms with E-state index in [4.69, 9.17) is 0 Å². The van der Waals surface area contributed by atoms with Crippen LogP contribution in [0.15, 0.2) is 24.3 Å². The fraction of sp³-hybridized carbons (Fsp3) is 0.529. The Balaban J connectivity index is 1.79. The molecule has 2 heterocycles. The van der Waals surface area contributed by atoms with Crippen LogP contribution in [0, 0.1) is 0 Å². The summed E-state index contributed by atoms with van der Waals surface area (Å²) in [7, 11) is 3.45. The van der Waals surface area contributed by atoms with Crippen LogP contribution >= 0.6 is 0 Å². The number of nitrogens with zero attached hydrogens (tertiary/aromatic N) is 2. The fourth-order valence-corrected chi connectivity index (χ4v) is 3.48. The number of carbonyl (C=O) groups excluding carboxylic acids is 2. The van der Waals surface area contributed by atoms with Gasteiger partial charge in [-0.25, -0.2) is 0 Å². The van der Waals surface area contributed by atoms with E-state index in [0.717, 1.165) is 32.4 Å². The van der Waals surface area contributed by atoms with Gasteiger partial charge in [0.1, 0.15) is 0 Å². The van der Waals surface area contributed by atoms with Crippen LogP contribution in [-0.4, -0.2) is 60.9 Å². The van der Waals surface area contributed by atoms with E-state index in [-0.39, 0.29) is 11.8 Å². The zero-order chi connectivity index (χ0) is 15.7. The van der Waals surface area contributed by atoms with Crippen LogP contribution in [0.2, 0.25) is 0 Å². The highest BCUT2D eigenvalue weighted by Crippen LogP contribution is 2.29. The molecule has 0 radical (unpaired) electrons. The van der Waals surface area contributed by atoms with Crippen molar-refractivity contribution in [3.8, 4) is 0 Å². The van der Waals surface area contributed by atoms with Gasteiger partial charge in [-0.05, 0) is 50.1 Å². The molecular weight excluding hydrogens is 278 g/mol. The van der Waals surface area contributed by atoms with E-state index in [1.165, 1.54) is 4.90 Å². The monoisotopic (exact) mass is 301 g/mol. The predicted molar refractivity (Wildman–Crippen MR) is 84.9 cm³/mol. The summed E-state index contributed by atoms with van der Waals surface area (Å²) >= 11 is 0. The van der Waals surface area contributed by atoms with Crippen LogP contribution in [0.25, 0.3) is 0 Å². The minimum atomic E-state index is -0.0435. The van der Waals surface area contributed by atoms with E-state index < -0.39 is 0 Å². The second kappa shape index (κ2) is 6.08. The Morgan fingerprint density at radius 1 is 1.05 bits per heavy atom. The standard InChI is InChI=1S/C17H23N3O2/c1-19(2)16(21)12-3-5-13(6-4-12)17(22)20-14-7-8-15(20)11-18-10-9-14/h3-6,14-15,18H,7-11H2,1-2H3. The summed E-state index contributed by atoms with van der Waals surface area (Å²) in [4.78, 5) is 28.3. The lowest BCUT2D eigenvalue weighted by Crippen LogP contribution is -2.42. The molecule has 3 rings (SSSR count). The summed E-state index contributed by atoms with van der Waals surface area (Å²) in [6.07, 6.45) is 3.22. The average molecular weight is 301 g/mol. The summed E-state index contributed by atoms with van der Waals surface area (Å²) in [5.74, 6) is 0.0538. The lowest BCUT2D eigenvalue weighted by Gasteiger charge is -2.28. The number of hydrogen-bond acceptors (Lipinski definition) is 3. The SMILES string of the molecule is CN(C)C(=O)c1ccc(C(=O)N2C3CCNCC2CC3)cc1. The van der Waals surface area contributed by atoms with Crippen LogP contribution in [0.4, 0.5) is 0 Å². The van der Waals surface area contributed by atoms with Crippen molar-refractivity contribution in [2.75, 3.05) is 27.2 Å². The molecule has 2 amide bonds. The number of fused-ring (bicyclic) bond motifs is 2. The number of carbonyl (C=O) groups is 2. The van der Waals surface area contributed by atoms with Crippen molar-refractivity contribution < 1.29 is 9.59 Å². The van der Waals surface area contributed by atoms with E-state index in [1.807, 2.05) is 0 Å². The maximum Gasteiger partial charge on any atom is 0.254 e. The second-order valence-corrected chi connectivity index (χ2v) is 6.37. The topological polar surface area (TPSA) is 52.7 Å². The quantitative estimate of drug-likeness (QED) is 0.897. The molecule has 118 valence electrons. The molecule has 0 spiro atoms. The smallest absolute Gasteiger partial charge is 0.254 e. The van der Waals surface area contributed by atoms with E-state index in [0.29, 0.717) is 23.2 Å². The number of rotatable bonds is 2. The third-order valence-corrected chi connectivity index (χ3v) is 4.67. The summed E-state index contributed by atoms with van der Waals surface area (Å²) in [5, 5.41) is 3.41. The van der Waals surface area contributed by atoms with Crippen LogP contribution in [0.5, 0.6) is 0 Å². The molecule has 2 unspecified atom stereocenters. The molecule has 0 aromatic heterocycles. The largest absolute Gasteiger partial charge is 0.345 e. The first-order valence-electron chi connectivity index (χ1n) is 7.93. The Morgan fingerprint density at radius 3 is 2.36 bits per heavy atom. The van der Waals surface area contributed by atoms with E-state index in [2.05, 4.69) is 10.2 Å². The molecule has 1 aromatic rings. The normalized spacial score (nSPS) is 24.0. The zero-order valence-electron chi connectivity index (χ0n) is 13.2. The average Bonchev–Trinajstić information content (AvgIpc) is 2.79. The molecule has 2 bridgehead atoms. The highest BCUT2D eigenvalue weighted by atomic mass is 16.2. The van der Waals surface area contributed by atoms with Crippen LogP contribution in [0.3, 0.4) is 0 Å². The van der Waals surface area contributed by atoms with Crippen LogP contribution in [-0.2, 0) is 0 Å². The molecule has 2 aliphatic heterocycles. The van der Waals surface area contributed by atoms with Gasteiger partial charge in [-0.15, -0.1) is 0 Å². The number of nitrogens with one attached hydrogen (secondary N) is 1. The summed E-state index contributed by atoms with van der Waals surface area (Å²) in [6.45, 7) is 1.88. The maximum absolute atomic E-state index is 12.8. The molecule has 0 saturated carbocycles. The lowest BCUT2D eigenvalue weighted by molar-refractivity contribution is 0.0679. The van der Waals surface area contributed by atoms with Gasteiger partial charge < -0.3 is 15.1 Å². The fourth-order valence-electron chi connectivity index (χ4n) is 3.48. The number of benzene rings is 1. The van der Waals surface area contributed by atoms with Gasteiger partial charge in [0.15, 0.2) is 0 Å². The van der Waals surface area contributed by atoms with Gasteiger partial charge in [-0.1, -0.05) is 0 Å². The van der Waals surface area contributed by atoms with Crippen molar-refractivity contribution >= 4 is 11.8 Å². The predicted octanol–water partition coefficient (Wildman–Crippen LogP) is 1.35. The minimum absolute atomic E-state index is 0.0435. The van der Waals surface area contributed by atoms with Crippen molar-refractivity contribution in [1.29, 1.82) is 0 Å². The van der Waals surface area contributed by atoms with Crippen LogP contribution in [0.1, 0.15) is 40.0 Å². The first-order valence-corrected chi connectivity index (χ1v) is 7.93. The molecule has 2 atom stereocenters. The van der Waals surface area contributed by atoms with Crippen molar-refractivity contribution in [2.24, 2.45) is 0 Å². The molecule has 1 aromatic carbocycles. The van der Waals surface area contributed by atoms with Crippen molar-refractivity contribution in [3.05, 3.63) is 35.4 Å². The summed E-state index contributed by atoms with van der Waals surface area (Å²) in [5.41, 5.74) is 1.29. The third kappa shape index (κ3) is 2.73. The number of amides is 2. The molecule has 2 fully saturated rings. The van der Waals surface area contributed by atoms with Gasteiger partial charge in [-0.3, -0.25) is 9.59 Å². The molecule has 2 saturated heterocycles. The van der Waals surface area contributed by atoms with Gasteiger partial charge in [0.25, 0.3) is 11.8 Å². The Kier molecular flexibility index (Phi) is 4.16. The van der Waals surface area contributed by atoms with Crippen molar-refractivity contribution in [2.45, 2.75) is 31.3 Å². The molecule has 2 aliphatic rings. The highest BCUT2D eigenvalue weighted by molar-refractivity contribution is 5.98. The third-order valence-electron chi connectivity index (χ3n) is 4.67. The second-order valence-electron chi connectivity index (χ2n) is 6.37. The zero-order valence-corrected chi connectivity index (χ0v) is 13.2. The Labute approximate surface area is 131 Å². The van der Waals surface area contributed by atoms with Gasteiger partial charge in [0, 0.05) is 43.9 Å². The van der Waals surface area contributed by atoms with E-state index >= 15 is 0 Å². The van der Waals surface area contributed by atoms with Gasteiger partial charge in [0.05, 0.1) is 0 Å².